The number of amides is 1. The van der Waals surface area contributed by atoms with Crippen LogP contribution in [0.1, 0.15) is 43.5 Å². The smallest absolute Gasteiger partial charge is 0.254 e. The van der Waals surface area contributed by atoms with Gasteiger partial charge in [-0.25, -0.2) is 0 Å². The number of ether oxygens (including phenoxy) is 2. The monoisotopic (exact) mass is 384 g/mol. The Morgan fingerprint density at radius 2 is 2.12 bits per heavy atom. The number of methoxy groups -OCH3 is 1. The molecule has 1 fully saturated rings. The van der Waals surface area contributed by atoms with E-state index in [1.807, 2.05) is 24.1 Å². The second-order valence-electron chi connectivity index (χ2n) is 7.21. The minimum absolute atomic E-state index is 0. The van der Waals surface area contributed by atoms with E-state index in [-0.39, 0.29) is 18.3 Å². The molecule has 0 spiro atoms. The van der Waals surface area contributed by atoms with E-state index >= 15 is 0 Å². The first-order chi connectivity index (χ1) is 12.0. The van der Waals surface area contributed by atoms with Gasteiger partial charge in [-0.1, -0.05) is 13.8 Å². The molecule has 1 unspecified atom stereocenters. The molecule has 0 aromatic heterocycles. The Kier molecular flexibility index (Phi) is 9.81. The number of likely N-dealkylation sites (tertiary alicyclic amines) is 1. The molecule has 1 atom stereocenters. The maximum atomic E-state index is 12.8. The van der Waals surface area contributed by atoms with Gasteiger partial charge in [0.2, 0.25) is 0 Å². The normalized spacial score (nSPS) is 17.0. The number of carbonyl (C=O) groups excluding carboxylic acids is 1. The minimum atomic E-state index is 0. The number of nitrogens with one attached hydrogen (secondary N) is 1. The predicted octanol–water partition coefficient (Wildman–Crippen LogP) is 3.61. The third-order valence-electron chi connectivity index (χ3n) is 4.66. The summed E-state index contributed by atoms with van der Waals surface area (Å²) in [5.74, 6) is 2.53. The van der Waals surface area contributed by atoms with Gasteiger partial charge >= 0.3 is 0 Å². The molecule has 1 saturated heterocycles. The van der Waals surface area contributed by atoms with Crippen molar-refractivity contribution < 1.29 is 14.3 Å². The standard InChI is InChI=1S/C20H32N2O3.ClH/c1-15(2)9-11-25-18-8-7-17(12-19(18)24-4)20(23)22-10-5-6-16(14-22)13-21-3;/h7-8,12,15-16,21H,5-6,9-11,13-14H2,1-4H3;1H. The maximum absolute atomic E-state index is 12.8. The van der Waals surface area contributed by atoms with Crippen LogP contribution in [0.5, 0.6) is 11.5 Å². The van der Waals surface area contributed by atoms with Crippen LogP contribution < -0.4 is 14.8 Å². The summed E-state index contributed by atoms with van der Waals surface area (Å²) in [5.41, 5.74) is 0.665. The van der Waals surface area contributed by atoms with Crippen molar-refractivity contribution in [3.05, 3.63) is 23.8 Å². The molecule has 26 heavy (non-hydrogen) atoms. The predicted molar refractivity (Wildman–Crippen MR) is 108 cm³/mol. The third-order valence-corrected chi connectivity index (χ3v) is 4.66. The Morgan fingerprint density at radius 3 is 2.77 bits per heavy atom. The average molecular weight is 385 g/mol. The molecule has 0 saturated carbocycles. The lowest BCUT2D eigenvalue weighted by Gasteiger charge is -2.33. The number of piperidine rings is 1. The lowest BCUT2D eigenvalue weighted by Crippen LogP contribution is -2.42. The molecular weight excluding hydrogens is 352 g/mol. The van der Waals surface area contributed by atoms with Crippen LogP contribution >= 0.6 is 12.4 Å². The number of carbonyl (C=O) groups is 1. The van der Waals surface area contributed by atoms with Crippen LogP contribution in [0.2, 0.25) is 0 Å². The summed E-state index contributed by atoms with van der Waals surface area (Å²) in [6.07, 6.45) is 3.23. The van der Waals surface area contributed by atoms with E-state index in [1.165, 1.54) is 6.42 Å². The Hall–Kier alpha value is -1.46. The molecule has 1 heterocycles. The van der Waals surface area contributed by atoms with Gasteiger partial charge in [-0.2, -0.15) is 0 Å². The zero-order valence-electron chi connectivity index (χ0n) is 16.4. The Bertz CT molecular complexity index is 564. The summed E-state index contributed by atoms with van der Waals surface area (Å²) < 4.78 is 11.2. The first-order valence-corrected chi connectivity index (χ1v) is 9.29. The summed E-state index contributed by atoms with van der Waals surface area (Å²) in [7, 11) is 3.58. The summed E-state index contributed by atoms with van der Waals surface area (Å²) in [5, 5.41) is 3.22. The fourth-order valence-corrected chi connectivity index (χ4v) is 3.21. The van der Waals surface area contributed by atoms with Crippen molar-refractivity contribution in [1.29, 1.82) is 0 Å². The van der Waals surface area contributed by atoms with Crippen LogP contribution in [0.4, 0.5) is 0 Å². The van der Waals surface area contributed by atoms with E-state index in [0.29, 0.717) is 35.5 Å². The average Bonchev–Trinajstić information content (AvgIpc) is 2.61. The van der Waals surface area contributed by atoms with Crippen LogP contribution in [0.15, 0.2) is 18.2 Å². The number of hydrogen-bond donors (Lipinski definition) is 1. The highest BCUT2D eigenvalue weighted by molar-refractivity contribution is 5.95. The van der Waals surface area contributed by atoms with Crippen molar-refractivity contribution in [2.24, 2.45) is 11.8 Å². The van der Waals surface area contributed by atoms with Crippen LogP contribution in [0.3, 0.4) is 0 Å². The fourth-order valence-electron chi connectivity index (χ4n) is 3.21. The zero-order chi connectivity index (χ0) is 18.2. The highest BCUT2D eigenvalue weighted by atomic mass is 35.5. The molecule has 1 aromatic rings. The molecule has 6 heteroatoms. The summed E-state index contributed by atoms with van der Waals surface area (Å²) in [6.45, 7) is 7.59. The summed E-state index contributed by atoms with van der Waals surface area (Å²) in [4.78, 5) is 14.8. The molecular formula is C20H33ClN2O3. The van der Waals surface area contributed by atoms with Gasteiger partial charge in [0.15, 0.2) is 11.5 Å². The molecule has 0 aliphatic carbocycles. The number of rotatable bonds is 8. The second kappa shape index (κ2) is 11.3. The van der Waals surface area contributed by atoms with Crippen molar-refractivity contribution in [1.82, 2.24) is 10.2 Å². The van der Waals surface area contributed by atoms with Crippen LogP contribution in [0, 0.1) is 11.8 Å². The van der Waals surface area contributed by atoms with E-state index in [2.05, 4.69) is 19.2 Å². The lowest BCUT2D eigenvalue weighted by atomic mass is 9.97. The lowest BCUT2D eigenvalue weighted by molar-refractivity contribution is 0.0674. The topological polar surface area (TPSA) is 50.8 Å². The molecule has 0 radical (unpaired) electrons. The first kappa shape index (κ1) is 22.6. The third kappa shape index (κ3) is 6.36. The number of benzene rings is 1. The Balaban J connectivity index is 0.00000338. The Morgan fingerprint density at radius 1 is 1.35 bits per heavy atom. The SMILES string of the molecule is CNCC1CCCN(C(=O)c2ccc(OCCC(C)C)c(OC)c2)C1.Cl. The molecule has 1 N–H and O–H groups in total. The minimum Gasteiger partial charge on any atom is -0.493 e. The van der Waals surface area contributed by atoms with Crippen molar-refractivity contribution in [2.75, 3.05) is 40.4 Å². The van der Waals surface area contributed by atoms with Crippen molar-refractivity contribution in [2.45, 2.75) is 33.1 Å². The van der Waals surface area contributed by atoms with Crippen molar-refractivity contribution in [3.63, 3.8) is 0 Å². The van der Waals surface area contributed by atoms with E-state index in [1.54, 1.807) is 13.2 Å². The summed E-state index contributed by atoms with van der Waals surface area (Å²) in [6, 6.07) is 5.49. The molecule has 1 aromatic carbocycles. The molecule has 1 aliphatic rings. The highest BCUT2D eigenvalue weighted by Crippen LogP contribution is 2.29. The molecule has 2 rings (SSSR count). The van der Waals surface area contributed by atoms with Gasteiger partial charge in [0.05, 0.1) is 13.7 Å². The van der Waals surface area contributed by atoms with Gasteiger partial charge in [0.25, 0.3) is 5.91 Å². The first-order valence-electron chi connectivity index (χ1n) is 9.29. The van der Waals surface area contributed by atoms with E-state index in [4.69, 9.17) is 9.47 Å². The molecule has 5 nitrogen and oxygen atoms in total. The van der Waals surface area contributed by atoms with Gasteiger partial charge in [0, 0.05) is 18.7 Å². The number of hydrogen-bond acceptors (Lipinski definition) is 4. The van der Waals surface area contributed by atoms with Crippen molar-refractivity contribution in [3.8, 4) is 11.5 Å². The van der Waals surface area contributed by atoms with Gasteiger partial charge in [-0.3, -0.25) is 4.79 Å². The largest absolute Gasteiger partial charge is 0.493 e. The molecule has 0 bridgehead atoms. The molecule has 148 valence electrons. The van der Waals surface area contributed by atoms with Gasteiger partial charge < -0.3 is 19.7 Å². The Labute approximate surface area is 163 Å². The van der Waals surface area contributed by atoms with Gasteiger partial charge in [-0.15, -0.1) is 12.4 Å². The van der Waals surface area contributed by atoms with E-state index in [0.717, 1.165) is 32.5 Å². The number of halogens is 1. The van der Waals surface area contributed by atoms with E-state index in [9.17, 15) is 4.79 Å². The number of nitrogens with zero attached hydrogens (tertiary/aromatic N) is 1. The van der Waals surface area contributed by atoms with Crippen LogP contribution in [-0.4, -0.2) is 51.2 Å². The fraction of sp³-hybridized carbons (Fsp3) is 0.650. The maximum Gasteiger partial charge on any atom is 0.254 e. The van der Waals surface area contributed by atoms with Gasteiger partial charge in [0.1, 0.15) is 0 Å². The quantitative estimate of drug-likeness (QED) is 0.743. The molecule has 1 aliphatic heterocycles. The highest BCUT2D eigenvalue weighted by Gasteiger charge is 2.24. The van der Waals surface area contributed by atoms with Crippen molar-refractivity contribution >= 4 is 18.3 Å². The summed E-state index contributed by atoms with van der Waals surface area (Å²) >= 11 is 0. The van der Waals surface area contributed by atoms with E-state index < -0.39 is 0 Å². The van der Waals surface area contributed by atoms with Crippen LogP contribution in [0.25, 0.3) is 0 Å². The van der Waals surface area contributed by atoms with Gasteiger partial charge in [-0.05, 0) is 62.9 Å². The van der Waals surface area contributed by atoms with Crippen LogP contribution in [-0.2, 0) is 0 Å². The molecule has 1 amide bonds. The zero-order valence-corrected chi connectivity index (χ0v) is 17.2. The second-order valence-corrected chi connectivity index (χ2v) is 7.21.